The summed E-state index contributed by atoms with van der Waals surface area (Å²) in [6, 6.07) is 14.1. The van der Waals surface area contributed by atoms with Gasteiger partial charge in [-0.2, -0.15) is 0 Å². The van der Waals surface area contributed by atoms with E-state index in [2.05, 4.69) is 5.32 Å². The molecular weight excluding hydrogens is 474 g/mol. The maximum atomic E-state index is 13.4. The fraction of sp³-hybridized carbons (Fsp3) is 0.240. The molecule has 4 rings (SSSR count). The second-order valence-electron chi connectivity index (χ2n) is 7.90. The Bertz CT molecular complexity index is 1210. The summed E-state index contributed by atoms with van der Waals surface area (Å²) in [7, 11) is 1.56. The lowest BCUT2D eigenvalue weighted by atomic mass is 10.1. The molecule has 1 saturated heterocycles. The number of urea groups is 1. The molecule has 1 unspecified atom stereocenters. The van der Waals surface area contributed by atoms with E-state index in [1.807, 2.05) is 18.4 Å². The van der Waals surface area contributed by atoms with Crippen LogP contribution in [0.1, 0.15) is 16.9 Å². The summed E-state index contributed by atoms with van der Waals surface area (Å²) >= 11 is 7.71. The molecule has 0 bridgehead atoms. The van der Waals surface area contributed by atoms with Crippen LogP contribution in [-0.4, -0.2) is 42.4 Å². The van der Waals surface area contributed by atoms with Crippen LogP contribution in [-0.2, 0) is 16.0 Å². The smallest absolute Gasteiger partial charge is 0.332 e. The second-order valence-corrected chi connectivity index (χ2v) is 9.34. The zero-order valence-electron chi connectivity index (χ0n) is 18.8. The highest BCUT2D eigenvalue weighted by molar-refractivity contribution is 7.10. The van der Waals surface area contributed by atoms with Gasteiger partial charge in [0.25, 0.3) is 5.91 Å². The van der Waals surface area contributed by atoms with Gasteiger partial charge in [-0.1, -0.05) is 17.7 Å². The van der Waals surface area contributed by atoms with Crippen molar-refractivity contribution in [3.63, 3.8) is 0 Å². The van der Waals surface area contributed by atoms with Gasteiger partial charge in [-0.05, 0) is 72.8 Å². The van der Waals surface area contributed by atoms with Crippen LogP contribution < -0.4 is 15.0 Å². The van der Waals surface area contributed by atoms with Crippen LogP contribution in [0.3, 0.4) is 0 Å². The van der Waals surface area contributed by atoms with E-state index >= 15 is 0 Å². The molecule has 1 N–H and O–H groups in total. The molecule has 1 aliphatic heterocycles. The molecule has 7 nitrogen and oxygen atoms in total. The van der Waals surface area contributed by atoms with Crippen molar-refractivity contribution in [3.8, 4) is 5.75 Å². The van der Waals surface area contributed by atoms with Crippen LogP contribution in [0.15, 0.2) is 60.0 Å². The molecular formula is C25H24ClN3O4S. The molecule has 34 heavy (non-hydrogen) atoms. The van der Waals surface area contributed by atoms with Gasteiger partial charge in [0.1, 0.15) is 11.8 Å². The van der Waals surface area contributed by atoms with E-state index in [0.717, 1.165) is 15.3 Å². The van der Waals surface area contributed by atoms with Crippen molar-refractivity contribution in [2.24, 2.45) is 0 Å². The number of hydrogen-bond donors (Lipinski definition) is 1. The minimum absolute atomic E-state index is 0.156. The molecule has 1 aliphatic rings. The number of benzene rings is 2. The molecule has 0 spiro atoms. The number of imide groups is 1. The first-order valence-corrected chi connectivity index (χ1v) is 12.0. The van der Waals surface area contributed by atoms with Gasteiger partial charge in [0.05, 0.1) is 19.2 Å². The third-order valence-electron chi connectivity index (χ3n) is 5.69. The highest BCUT2D eigenvalue weighted by Gasteiger charge is 2.46. The summed E-state index contributed by atoms with van der Waals surface area (Å²) in [6.07, 6.45) is 0.444. The lowest BCUT2D eigenvalue weighted by Crippen LogP contribution is -2.39. The number of rotatable bonds is 8. The molecule has 176 valence electrons. The van der Waals surface area contributed by atoms with Crippen LogP contribution in [0.4, 0.5) is 16.2 Å². The molecule has 2 heterocycles. The summed E-state index contributed by atoms with van der Waals surface area (Å²) in [5.74, 6) is -0.136. The fourth-order valence-corrected chi connectivity index (χ4v) is 4.97. The lowest BCUT2D eigenvalue weighted by molar-refractivity contribution is -0.124. The van der Waals surface area contributed by atoms with Gasteiger partial charge < -0.3 is 15.0 Å². The molecule has 1 atom stereocenters. The van der Waals surface area contributed by atoms with E-state index < -0.39 is 18.0 Å². The van der Waals surface area contributed by atoms with E-state index in [4.69, 9.17) is 16.3 Å². The average molecular weight is 498 g/mol. The highest BCUT2D eigenvalue weighted by Crippen LogP contribution is 2.30. The fourth-order valence-electron chi connectivity index (χ4n) is 3.88. The normalized spacial score (nSPS) is 15.7. The first-order chi connectivity index (χ1) is 16.4. The number of anilines is 2. The van der Waals surface area contributed by atoms with E-state index in [0.29, 0.717) is 35.1 Å². The van der Waals surface area contributed by atoms with Crippen LogP contribution >= 0.6 is 22.9 Å². The summed E-state index contributed by atoms with van der Waals surface area (Å²) in [5.41, 5.74) is 2.11. The molecule has 0 aliphatic carbocycles. The largest absolute Gasteiger partial charge is 0.497 e. The van der Waals surface area contributed by atoms with Gasteiger partial charge in [0, 0.05) is 22.1 Å². The summed E-state index contributed by atoms with van der Waals surface area (Å²) in [5, 5.41) is 5.21. The second kappa shape index (κ2) is 10.3. The Kier molecular flexibility index (Phi) is 7.19. The summed E-state index contributed by atoms with van der Waals surface area (Å²) < 4.78 is 5.13. The van der Waals surface area contributed by atoms with E-state index in [-0.39, 0.29) is 12.3 Å². The van der Waals surface area contributed by atoms with E-state index in [9.17, 15) is 14.4 Å². The standard InChI is InChI=1S/C25H24ClN3O4S/c1-16-11-13-34-22(16)10-12-28-21(15-23(30)27-18-6-8-20(33-2)9-7-18)24(31)29(25(28)32)19-5-3-4-17(26)14-19/h3-9,11,13-14,21H,10,12,15H2,1-2H3,(H,27,30). The Morgan fingerprint density at radius 1 is 1.15 bits per heavy atom. The third kappa shape index (κ3) is 5.08. The predicted molar refractivity (Wildman–Crippen MR) is 134 cm³/mol. The van der Waals surface area contributed by atoms with Crippen molar-refractivity contribution >= 4 is 52.2 Å². The van der Waals surface area contributed by atoms with Crippen LogP contribution in [0.2, 0.25) is 5.02 Å². The number of halogens is 1. The molecule has 3 aromatic rings. The molecule has 1 aromatic heterocycles. The third-order valence-corrected chi connectivity index (χ3v) is 7.00. The number of thiophene rings is 1. The number of aryl methyl sites for hydroxylation is 1. The molecule has 2 aromatic carbocycles. The van der Waals surface area contributed by atoms with Gasteiger partial charge in [-0.25, -0.2) is 9.69 Å². The van der Waals surface area contributed by atoms with Gasteiger partial charge in [0.15, 0.2) is 0 Å². The van der Waals surface area contributed by atoms with Crippen molar-refractivity contribution in [3.05, 3.63) is 75.4 Å². The number of hydrogen-bond acceptors (Lipinski definition) is 5. The minimum atomic E-state index is -0.912. The maximum absolute atomic E-state index is 13.4. The number of nitrogens with zero attached hydrogens (tertiary/aromatic N) is 2. The average Bonchev–Trinajstić information content (AvgIpc) is 3.32. The molecule has 1 fully saturated rings. The Morgan fingerprint density at radius 2 is 1.91 bits per heavy atom. The van der Waals surface area contributed by atoms with Gasteiger partial charge in [-0.15, -0.1) is 11.3 Å². The van der Waals surface area contributed by atoms with E-state index in [1.54, 1.807) is 67.0 Å². The quantitative estimate of drug-likeness (QED) is 0.438. The number of nitrogens with one attached hydrogen (secondary N) is 1. The lowest BCUT2D eigenvalue weighted by Gasteiger charge is -2.21. The Hall–Kier alpha value is -3.36. The number of amides is 4. The SMILES string of the molecule is COc1ccc(NC(=O)CC2C(=O)N(c3cccc(Cl)c3)C(=O)N2CCc2sccc2C)cc1. The minimum Gasteiger partial charge on any atom is -0.497 e. The number of carbonyl (C=O) groups excluding carboxylic acids is 3. The first-order valence-electron chi connectivity index (χ1n) is 10.7. The Labute approximate surface area is 206 Å². The topological polar surface area (TPSA) is 79.0 Å². The first kappa shape index (κ1) is 23.8. The zero-order chi connectivity index (χ0) is 24.2. The molecule has 0 radical (unpaired) electrons. The van der Waals surface area contributed by atoms with Crippen molar-refractivity contribution in [2.45, 2.75) is 25.8 Å². The summed E-state index contributed by atoms with van der Waals surface area (Å²) in [6.45, 7) is 2.34. The Balaban J connectivity index is 1.55. The predicted octanol–water partition coefficient (Wildman–Crippen LogP) is 5.13. The van der Waals surface area contributed by atoms with Gasteiger partial charge in [0.2, 0.25) is 5.91 Å². The monoisotopic (exact) mass is 497 g/mol. The Morgan fingerprint density at radius 3 is 2.56 bits per heavy atom. The number of methoxy groups -OCH3 is 1. The van der Waals surface area contributed by atoms with Crippen LogP contribution in [0.5, 0.6) is 5.75 Å². The maximum Gasteiger partial charge on any atom is 0.332 e. The molecule has 4 amide bonds. The summed E-state index contributed by atoms with van der Waals surface area (Å²) in [4.78, 5) is 43.3. The van der Waals surface area contributed by atoms with Crippen LogP contribution in [0, 0.1) is 6.92 Å². The zero-order valence-corrected chi connectivity index (χ0v) is 20.4. The van der Waals surface area contributed by atoms with Crippen LogP contribution in [0.25, 0.3) is 0 Å². The van der Waals surface area contributed by atoms with Crippen molar-refractivity contribution in [1.29, 1.82) is 0 Å². The number of carbonyl (C=O) groups is 3. The molecule has 0 saturated carbocycles. The van der Waals surface area contributed by atoms with Crippen molar-refractivity contribution in [2.75, 3.05) is 23.9 Å². The van der Waals surface area contributed by atoms with Crippen molar-refractivity contribution < 1.29 is 19.1 Å². The van der Waals surface area contributed by atoms with Gasteiger partial charge >= 0.3 is 6.03 Å². The molecule has 9 heteroatoms. The highest BCUT2D eigenvalue weighted by atomic mass is 35.5. The van der Waals surface area contributed by atoms with Crippen molar-refractivity contribution in [1.82, 2.24) is 4.90 Å². The van der Waals surface area contributed by atoms with E-state index in [1.165, 1.54) is 4.90 Å². The number of ether oxygens (including phenoxy) is 1. The van der Waals surface area contributed by atoms with Gasteiger partial charge in [-0.3, -0.25) is 9.59 Å².